The van der Waals surface area contributed by atoms with Crippen molar-refractivity contribution in [2.75, 3.05) is 20.3 Å². The van der Waals surface area contributed by atoms with Crippen LogP contribution in [0.2, 0.25) is 0 Å². The smallest absolute Gasteiger partial charge is 0.355 e. The van der Waals surface area contributed by atoms with Gasteiger partial charge in [-0.15, -0.1) is 0 Å². The summed E-state index contributed by atoms with van der Waals surface area (Å²) in [6.07, 6.45) is 0. The Kier molecular flexibility index (Phi) is 8.57. The molecule has 0 aliphatic rings. The van der Waals surface area contributed by atoms with Gasteiger partial charge in [0.2, 0.25) is 0 Å². The molecular formula is C13H21NO4. The number of nitrogens with zero attached hydrogens (tertiary/aromatic N) is 1. The molecule has 0 fully saturated rings. The van der Waals surface area contributed by atoms with Crippen molar-refractivity contribution in [3.8, 4) is 0 Å². The lowest BCUT2D eigenvalue weighted by atomic mass is 10.3. The largest absolute Gasteiger partial charge is 0.461 e. The highest BCUT2D eigenvalue weighted by molar-refractivity contribution is 5.87. The van der Waals surface area contributed by atoms with Gasteiger partial charge in [0.25, 0.3) is 5.56 Å². The molecule has 1 aromatic heterocycles. The van der Waals surface area contributed by atoms with Gasteiger partial charge in [0.1, 0.15) is 5.69 Å². The molecule has 1 aromatic rings. The second-order valence-corrected chi connectivity index (χ2v) is 3.11. The Hall–Kier alpha value is -1.62. The van der Waals surface area contributed by atoms with Crippen molar-refractivity contribution < 1.29 is 14.3 Å². The zero-order valence-corrected chi connectivity index (χ0v) is 11.4. The Bertz CT molecular complexity index is 412. The number of pyridine rings is 1. The predicted octanol–water partition coefficient (Wildman–Crippen LogP) is 1.70. The zero-order valence-electron chi connectivity index (χ0n) is 11.4. The molecule has 18 heavy (non-hydrogen) atoms. The highest BCUT2D eigenvalue weighted by Crippen LogP contribution is 1.99. The minimum Gasteiger partial charge on any atom is -0.461 e. The van der Waals surface area contributed by atoms with Crippen molar-refractivity contribution in [1.29, 1.82) is 0 Å². The van der Waals surface area contributed by atoms with Gasteiger partial charge in [-0.2, -0.15) is 0 Å². The third kappa shape index (κ3) is 4.71. The molecule has 0 unspecified atom stereocenters. The van der Waals surface area contributed by atoms with Crippen LogP contribution < -0.4 is 5.56 Å². The summed E-state index contributed by atoms with van der Waals surface area (Å²) < 4.78 is 11.1. The Morgan fingerprint density at radius 3 is 2.56 bits per heavy atom. The normalized spacial score (nSPS) is 9.33. The van der Waals surface area contributed by atoms with Crippen molar-refractivity contribution in [2.24, 2.45) is 0 Å². The maximum Gasteiger partial charge on any atom is 0.355 e. The Balaban J connectivity index is 0.00000137. The summed E-state index contributed by atoms with van der Waals surface area (Å²) in [7, 11) is 1.54. The van der Waals surface area contributed by atoms with Crippen LogP contribution in [0, 0.1) is 0 Å². The van der Waals surface area contributed by atoms with Crippen LogP contribution in [0.3, 0.4) is 0 Å². The van der Waals surface area contributed by atoms with Gasteiger partial charge in [0, 0.05) is 19.7 Å². The Labute approximate surface area is 107 Å². The number of aromatic nitrogens is 1. The predicted molar refractivity (Wildman–Crippen MR) is 69.9 cm³/mol. The lowest BCUT2D eigenvalue weighted by Crippen LogP contribution is -2.27. The number of carbonyl (C=O) groups is 1. The molecule has 0 spiro atoms. The molecule has 0 aromatic carbocycles. The minimum atomic E-state index is -0.490. The fourth-order valence-electron chi connectivity index (χ4n) is 1.32. The third-order valence-electron chi connectivity index (χ3n) is 2.05. The van der Waals surface area contributed by atoms with Crippen molar-refractivity contribution in [2.45, 2.75) is 27.3 Å². The van der Waals surface area contributed by atoms with Gasteiger partial charge < -0.3 is 14.0 Å². The van der Waals surface area contributed by atoms with Gasteiger partial charge in [-0.05, 0) is 13.0 Å². The van der Waals surface area contributed by atoms with E-state index in [4.69, 9.17) is 9.47 Å². The highest BCUT2D eigenvalue weighted by Gasteiger charge is 2.12. The van der Waals surface area contributed by atoms with E-state index in [0.29, 0.717) is 13.2 Å². The third-order valence-corrected chi connectivity index (χ3v) is 2.05. The van der Waals surface area contributed by atoms with Crippen LogP contribution in [-0.2, 0) is 16.0 Å². The number of esters is 1. The quantitative estimate of drug-likeness (QED) is 0.751. The minimum absolute atomic E-state index is 0.234. The van der Waals surface area contributed by atoms with Crippen molar-refractivity contribution in [3.05, 3.63) is 34.2 Å². The second kappa shape index (κ2) is 9.41. The van der Waals surface area contributed by atoms with Gasteiger partial charge in [-0.1, -0.05) is 19.9 Å². The van der Waals surface area contributed by atoms with E-state index < -0.39 is 5.97 Å². The maximum absolute atomic E-state index is 11.6. The number of hydrogen-bond acceptors (Lipinski definition) is 4. The molecule has 1 heterocycles. The summed E-state index contributed by atoms with van der Waals surface area (Å²) in [5, 5.41) is 0. The highest BCUT2D eigenvalue weighted by atomic mass is 16.5. The van der Waals surface area contributed by atoms with Crippen LogP contribution in [-0.4, -0.2) is 30.9 Å². The second-order valence-electron chi connectivity index (χ2n) is 3.11. The van der Waals surface area contributed by atoms with Crippen molar-refractivity contribution >= 4 is 5.97 Å². The summed E-state index contributed by atoms with van der Waals surface area (Å²) in [6.45, 7) is 6.71. The molecule has 0 atom stereocenters. The fraction of sp³-hybridized carbons (Fsp3) is 0.538. The van der Waals surface area contributed by atoms with E-state index in [9.17, 15) is 9.59 Å². The summed E-state index contributed by atoms with van der Waals surface area (Å²) in [6, 6.07) is 4.51. The lowest BCUT2D eigenvalue weighted by Gasteiger charge is -2.10. The van der Waals surface area contributed by atoms with Crippen molar-refractivity contribution in [1.82, 2.24) is 4.57 Å². The molecule has 5 nitrogen and oxygen atoms in total. The molecule has 0 bridgehead atoms. The standard InChI is InChI=1S/C11H15NO4.C2H6/c1-3-16-11(14)9-5-4-6-10(13)12(9)7-8-15-2;1-2/h4-6H,3,7-8H2,1-2H3;1-2H3. The first-order valence-electron chi connectivity index (χ1n) is 6.06. The lowest BCUT2D eigenvalue weighted by molar-refractivity contribution is 0.0509. The SMILES string of the molecule is CC.CCOC(=O)c1cccc(=O)n1CCOC. The molecule has 0 saturated carbocycles. The van der Waals surface area contributed by atoms with E-state index in [-0.39, 0.29) is 17.9 Å². The number of ether oxygens (including phenoxy) is 2. The molecule has 0 radical (unpaired) electrons. The monoisotopic (exact) mass is 255 g/mol. The molecule has 0 N–H and O–H groups in total. The maximum atomic E-state index is 11.6. The van der Waals surface area contributed by atoms with E-state index in [1.165, 1.54) is 23.8 Å². The first-order chi connectivity index (χ1) is 8.70. The number of carbonyl (C=O) groups excluding carboxylic acids is 1. The molecule has 0 aliphatic carbocycles. The molecule has 0 saturated heterocycles. The van der Waals surface area contributed by atoms with Gasteiger partial charge in [-0.3, -0.25) is 4.79 Å². The Morgan fingerprint density at radius 2 is 2.00 bits per heavy atom. The molecule has 0 aliphatic heterocycles. The topological polar surface area (TPSA) is 57.5 Å². The average molecular weight is 255 g/mol. The number of methoxy groups -OCH3 is 1. The average Bonchev–Trinajstić information content (AvgIpc) is 2.39. The van der Waals surface area contributed by atoms with Gasteiger partial charge in [0.05, 0.1) is 13.2 Å². The first kappa shape index (κ1) is 16.4. The fourth-order valence-corrected chi connectivity index (χ4v) is 1.32. The summed E-state index contributed by atoms with van der Waals surface area (Å²) >= 11 is 0. The molecule has 5 heteroatoms. The van der Waals surface area contributed by atoms with E-state index in [1.807, 2.05) is 13.8 Å². The number of rotatable bonds is 5. The summed E-state index contributed by atoms with van der Waals surface area (Å²) in [5.74, 6) is -0.490. The van der Waals surface area contributed by atoms with Crippen LogP contribution in [0.15, 0.2) is 23.0 Å². The molecule has 102 valence electrons. The number of hydrogen-bond donors (Lipinski definition) is 0. The summed E-state index contributed by atoms with van der Waals surface area (Å²) in [4.78, 5) is 23.1. The zero-order chi connectivity index (χ0) is 14.0. The van der Waals surface area contributed by atoms with E-state index in [1.54, 1.807) is 13.0 Å². The summed E-state index contributed by atoms with van der Waals surface area (Å²) in [5.41, 5.74) is 0.0222. The van der Waals surface area contributed by atoms with E-state index >= 15 is 0 Å². The van der Waals surface area contributed by atoms with Crippen LogP contribution in [0.5, 0.6) is 0 Å². The van der Waals surface area contributed by atoms with Crippen LogP contribution in [0.25, 0.3) is 0 Å². The van der Waals surface area contributed by atoms with E-state index in [0.717, 1.165) is 0 Å². The van der Waals surface area contributed by atoms with Gasteiger partial charge in [0.15, 0.2) is 0 Å². The van der Waals surface area contributed by atoms with Gasteiger partial charge in [-0.25, -0.2) is 4.79 Å². The Morgan fingerprint density at radius 1 is 1.33 bits per heavy atom. The first-order valence-corrected chi connectivity index (χ1v) is 6.06. The van der Waals surface area contributed by atoms with Crippen LogP contribution >= 0.6 is 0 Å². The van der Waals surface area contributed by atoms with Gasteiger partial charge >= 0.3 is 5.97 Å². The molecular weight excluding hydrogens is 234 g/mol. The van der Waals surface area contributed by atoms with Crippen molar-refractivity contribution in [3.63, 3.8) is 0 Å². The van der Waals surface area contributed by atoms with E-state index in [2.05, 4.69) is 0 Å². The van der Waals surface area contributed by atoms with Crippen LogP contribution in [0.1, 0.15) is 31.3 Å². The molecule has 1 rings (SSSR count). The molecule has 0 amide bonds. The van der Waals surface area contributed by atoms with Crippen LogP contribution in [0.4, 0.5) is 0 Å².